The van der Waals surface area contributed by atoms with Crippen molar-refractivity contribution in [2.24, 2.45) is 11.3 Å². The summed E-state index contributed by atoms with van der Waals surface area (Å²) >= 11 is 3.36. The number of aliphatic hydroxyl groups is 1. The van der Waals surface area contributed by atoms with Gasteiger partial charge in [-0.25, -0.2) is 0 Å². The number of hydrogen-bond donors (Lipinski definition) is 1. The maximum Gasteiger partial charge on any atom is 0.148 e. The van der Waals surface area contributed by atoms with E-state index in [2.05, 4.69) is 28.9 Å². The molecule has 2 rings (SSSR count). The zero-order chi connectivity index (χ0) is 13.2. The molecule has 0 aliphatic heterocycles. The fourth-order valence-corrected chi connectivity index (χ4v) is 3.35. The lowest BCUT2D eigenvalue weighted by Crippen LogP contribution is -2.33. The van der Waals surface area contributed by atoms with Crippen molar-refractivity contribution in [1.82, 2.24) is 0 Å². The van der Waals surface area contributed by atoms with Crippen LogP contribution >= 0.6 is 15.9 Å². The van der Waals surface area contributed by atoms with Crippen LogP contribution in [0.4, 0.5) is 0 Å². The van der Waals surface area contributed by atoms with Crippen molar-refractivity contribution in [3.8, 4) is 6.07 Å². The summed E-state index contributed by atoms with van der Waals surface area (Å²) in [5.41, 5.74) is -0.695. The Morgan fingerprint density at radius 3 is 3.06 bits per heavy atom. The molecule has 1 saturated carbocycles. The van der Waals surface area contributed by atoms with Gasteiger partial charge in [0.15, 0.2) is 0 Å². The molecule has 18 heavy (non-hydrogen) atoms. The van der Waals surface area contributed by atoms with Gasteiger partial charge in [-0.05, 0) is 40.8 Å². The van der Waals surface area contributed by atoms with E-state index >= 15 is 0 Å². The maximum atomic E-state index is 10.5. The van der Waals surface area contributed by atoms with E-state index < -0.39 is 11.5 Å². The maximum absolute atomic E-state index is 10.5. The lowest BCUT2D eigenvalue weighted by Gasteiger charge is -2.38. The molecule has 0 saturated heterocycles. The van der Waals surface area contributed by atoms with Gasteiger partial charge in [0, 0.05) is 0 Å². The summed E-state index contributed by atoms with van der Waals surface area (Å²) in [5.74, 6) is 1.01. The first kappa shape index (κ1) is 13.6. The molecule has 1 heterocycles. The Morgan fingerprint density at radius 2 is 2.50 bits per heavy atom. The largest absolute Gasteiger partial charge is 0.465 e. The quantitative estimate of drug-likeness (QED) is 0.910. The third-order valence-electron chi connectivity index (χ3n) is 4.10. The standard InChI is InChI=1S/C14H18BrNO2/c1-2-10-4-3-6-14(8-10,9-16)13(17)12-11(15)5-7-18-12/h5,7,10,13,17H,2-4,6,8H2,1H3. The van der Waals surface area contributed by atoms with Crippen molar-refractivity contribution in [1.29, 1.82) is 5.26 Å². The summed E-state index contributed by atoms with van der Waals surface area (Å²) in [6.45, 7) is 2.15. The van der Waals surface area contributed by atoms with Crippen LogP contribution in [0.5, 0.6) is 0 Å². The van der Waals surface area contributed by atoms with Crippen LogP contribution in [0.1, 0.15) is 50.9 Å². The van der Waals surface area contributed by atoms with Crippen LogP contribution in [-0.2, 0) is 0 Å². The van der Waals surface area contributed by atoms with Crippen LogP contribution in [0.2, 0.25) is 0 Å². The van der Waals surface area contributed by atoms with Crippen LogP contribution in [0, 0.1) is 22.7 Å². The minimum atomic E-state index is -0.846. The summed E-state index contributed by atoms with van der Waals surface area (Å²) < 4.78 is 6.07. The SMILES string of the molecule is CCC1CCCC(C#N)(C(O)c2occc2Br)C1. The molecule has 1 aromatic heterocycles. The highest BCUT2D eigenvalue weighted by atomic mass is 79.9. The molecule has 0 aromatic carbocycles. The molecule has 0 amide bonds. The van der Waals surface area contributed by atoms with E-state index in [1.54, 1.807) is 6.07 Å². The Hall–Kier alpha value is -0.790. The Kier molecular flexibility index (Phi) is 4.14. The van der Waals surface area contributed by atoms with Crippen LogP contribution in [-0.4, -0.2) is 5.11 Å². The number of nitrogens with zero attached hydrogens (tertiary/aromatic N) is 1. The number of nitriles is 1. The van der Waals surface area contributed by atoms with Crippen molar-refractivity contribution in [2.75, 3.05) is 0 Å². The van der Waals surface area contributed by atoms with Crippen molar-refractivity contribution in [3.05, 3.63) is 22.6 Å². The minimum Gasteiger partial charge on any atom is -0.465 e. The van der Waals surface area contributed by atoms with Gasteiger partial charge >= 0.3 is 0 Å². The van der Waals surface area contributed by atoms with E-state index in [0.29, 0.717) is 11.7 Å². The second-order valence-corrected chi connectivity index (χ2v) is 6.03. The molecule has 98 valence electrons. The Labute approximate surface area is 116 Å². The number of aliphatic hydroxyl groups excluding tert-OH is 1. The van der Waals surface area contributed by atoms with Crippen molar-refractivity contribution in [3.63, 3.8) is 0 Å². The first-order valence-electron chi connectivity index (χ1n) is 6.45. The minimum absolute atomic E-state index is 0.480. The smallest absolute Gasteiger partial charge is 0.148 e. The second-order valence-electron chi connectivity index (χ2n) is 5.17. The molecule has 0 bridgehead atoms. The topological polar surface area (TPSA) is 57.2 Å². The molecular weight excluding hydrogens is 294 g/mol. The number of furan rings is 1. The average Bonchev–Trinajstić information content (AvgIpc) is 2.84. The van der Waals surface area contributed by atoms with E-state index in [1.807, 2.05) is 0 Å². The van der Waals surface area contributed by atoms with Gasteiger partial charge in [-0.3, -0.25) is 0 Å². The first-order valence-corrected chi connectivity index (χ1v) is 7.24. The van der Waals surface area contributed by atoms with Crippen LogP contribution in [0.15, 0.2) is 21.2 Å². The van der Waals surface area contributed by atoms with E-state index in [-0.39, 0.29) is 0 Å². The molecule has 3 nitrogen and oxygen atoms in total. The van der Waals surface area contributed by atoms with Gasteiger partial charge in [0.2, 0.25) is 0 Å². The summed E-state index contributed by atoms with van der Waals surface area (Å²) in [4.78, 5) is 0. The molecule has 1 aromatic rings. The lowest BCUT2D eigenvalue weighted by molar-refractivity contribution is 0.00376. The molecule has 0 spiro atoms. The van der Waals surface area contributed by atoms with Crippen LogP contribution < -0.4 is 0 Å². The Bertz CT molecular complexity index is 451. The van der Waals surface area contributed by atoms with Gasteiger partial charge < -0.3 is 9.52 Å². The molecule has 1 aliphatic rings. The molecular formula is C14H18BrNO2. The Morgan fingerprint density at radius 1 is 1.72 bits per heavy atom. The van der Waals surface area contributed by atoms with Gasteiger partial charge in [0.25, 0.3) is 0 Å². The lowest BCUT2D eigenvalue weighted by atomic mass is 9.66. The monoisotopic (exact) mass is 311 g/mol. The third kappa shape index (κ3) is 2.34. The fraction of sp³-hybridized carbons (Fsp3) is 0.643. The number of halogens is 1. The Balaban J connectivity index is 2.27. The molecule has 1 aliphatic carbocycles. The second kappa shape index (κ2) is 5.46. The summed E-state index contributed by atoms with van der Waals surface area (Å²) in [6.07, 6.45) is 5.42. The third-order valence-corrected chi connectivity index (χ3v) is 4.76. The fourth-order valence-electron chi connectivity index (χ4n) is 2.94. The molecule has 3 unspecified atom stereocenters. The molecule has 1 fully saturated rings. The highest BCUT2D eigenvalue weighted by Gasteiger charge is 2.44. The highest BCUT2D eigenvalue weighted by molar-refractivity contribution is 9.10. The summed E-state index contributed by atoms with van der Waals surface area (Å²) in [6, 6.07) is 4.12. The average molecular weight is 312 g/mol. The predicted molar refractivity (Wildman–Crippen MR) is 71.7 cm³/mol. The van der Waals surface area contributed by atoms with E-state index in [0.717, 1.165) is 36.6 Å². The van der Waals surface area contributed by atoms with Gasteiger partial charge in [0.1, 0.15) is 11.9 Å². The van der Waals surface area contributed by atoms with Gasteiger partial charge in [-0.2, -0.15) is 5.26 Å². The van der Waals surface area contributed by atoms with E-state index in [4.69, 9.17) is 4.42 Å². The van der Waals surface area contributed by atoms with Gasteiger partial charge in [-0.15, -0.1) is 0 Å². The molecule has 4 heteroatoms. The molecule has 3 atom stereocenters. The van der Waals surface area contributed by atoms with Crippen molar-refractivity contribution >= 4 is 15.9 Å². The van der Waals surface area contributed by atoms with Crippen LogP contribution in [0.25, 0.3) is 0 Å². The summed E-state index contributed by atoms with van der Waals surface area (Å²) in [7, 11) is 0. The number of hydrogen-bond acceptors (Lipinski definition) is 3. The van der Waals surface area contributed by atoms with E-state index in [9.17, 15) is 10.4 Å². The summed E-state index contributed by atoms with van der Waals surface area (Å²) in [5, 5.41) is 20.1. The highest BCUT2D eigenvalue weighted by Crippen LogP contribution is 2.49. The molecule has 0 radical (unpaired) electrons. The van der Waals surface area contributed by atoms with E-state index in [1.165, 1.54) is 6.26 Å². The van der Waals surface area contributed by atoms with Gasteiger partial charge in [0.05, 0.1) is 22.2 Å². The first-order chi connectivity index (χ1) is 8.63. The normalized spacial score (nSPS) is 29.8. The van der Waals surface area contributed by atoms with Crippen molar-refractivity contribution < 1.29 is 9.52 Å². The molecule has 1 N–H and O–H groups in total. The van der Waals surface area contributed by atoms with Crippen molar-refractivity contribution in [2.45, 2.75) is 45.1 Å². The van der Waals surface area contributed by atoms with Gasteiger partial charge in [-0.1, -0.05) is 26.2 Å². The zero-order valence-electron chi connectivity index (χ0n) is 10.5. The predicted octanol–water partition coefficient (Wildman–Crippen LogP) is 4.19. The van der Waals surface area contributed by atoms with Crippen LogP contribution in [0.3, 0.4) is 0 Å². The zero-order valence-corrected chi connectivity index (χ0v) is 12.1. The number of rotatable bonds is 3.